The highest BCUT2D eigenvalue weighted by Crippen LogP contribution is 2.29. The predicted molar refractivity (Wildman–Crippen MR) is 92.9 cm³/mol. The first-order valence-corrected chi connectivity index (χ1v) is 7.87. The fourth-order valence-corrected chi connectivity index (χ4v) is 3.04. The largest absolute Gasteiger partial charge is 0.377 e. The summed E-state index contributed by atoms with van der Waals surface area (Å²) in [5, 5.41) is 5.37. The molecule has 1 atom stereocenters. The van der Waals surface area contributed by atoms with Crippen molar-refractivity contribution >= 4 is 44.1 Å². The molecule has 0 bridgehead atoms. The lowest BCUT2D eigenvalue weighted by Gasteiger charge is -2.18. The van der Waals surface area contributed by atoms with Gasteiger partial charge >= 0.3 is 0 Å². The van der Waals surface area contributed by atoms with Crippen LogP contribution in [0.1, 0.15) is 18.5 Å². The van der Waals surface area contributed by atoms with Crippen LogP contribution in [0.3, 0.4) is 0 Å². The first-order valence-electron chi connectivity index (χ1n) is 6.70. The predicted octanol–water partition coefficient (Wildman–Crippen LogP) is 5.82. The SMILES string of the molecule is CC(Nc1cccc2cc(Br)cnc12)c1ccccc1Cl. The molecule has 3 rings (SSSR count). The smallest absolute Gasteiger partial charge is 0.0934 e. The van der Waals surface area contributed by atoms with Gasteiger partial charge in [-0.25, -0.2) is 0 Å². The summed E-state index contributed by atoms with van der Waals surface area (Å²) in [4.78, 5) is 4.51. The van der Waals surface area contributed by atoms with Gasteiger partial charge in [0.05, 0.1) is 17.2 Å². The fraction of sp³-hybridized carbons (Fsp3) is 0.118. The average molecular weight is 362 g/mol. The van der Waals surface area contributed by atoms with E-state index in [1.54, 1.807) is 0 Å². The van der Waals surface area contributed by atoms with E-state index >= 15 is 0 Å². The molecular formula is C17H14BrClN2. The summed E-state index contributed by atoms with van der Waals surface area (Å²) in [5.41, 5.74) is 3.04. The van der Waals surface area contributed by atoms with E-state index < -0.39 is 0 Å². The van der Waals surface area contributed by atoms with Crippen LogP contribution >= 0.6 is 27.5 Å². The zero-order chi connectivity index (χ0) is 14.8. The second kappa shape index (κ2) is 6.04. The molecule has 3 aromatic rings. The van der Waals surface area contributed by atoms with Crippen LogP contribution in [0.25, 0.3) is 10.9 Å². The van der Waals surface area contributed by atoms with Gasteiger partial charge in [0.25, 0.3) is 0 Å². The Hall–Kier alpha value is -1.58. The fourth-order valence-electron chi connectivity index (χ4n) is 2.39. The molecule has 0 saturated heterocycles. The Morgan fingerprint density at radius 2 is 1.95 bits per heavy atom. The van der Waals surface area contributed by atoms with Crippen LogP contribution in [0.15, 0.2) is 59.2 Å². The molecule has 0 saturated carbocycles. The van der Waals surface area contributed by atoms with Crippen molar-refractivity contribution in [3.63, 3.8) is 0 Å². The van der Waals surface area contributed by atoms with E-state index in [9.17, 15) is 0 Å². The van der Waals surface area contributed by atoms with E-state index in [4.69, 9.17) is 11.6 Å². The number of halogens is 2. The maximum absolute atomic E-state index is 6.26. The van der Waals surface area contributed by atoms with Crippen LogP contribution < -0.4 is 5.32 Å². The van der Waals surface area contributed by atoms with Crippen molar-refractivity contribution in [1.29, 1.82) is 0 Å². The number of aromatic nitrogens is 1. The van der Waals surface area contributed by atoms with Gasteiger partial charge in [-0.05, 0) is 46.6 Å². The molecule has 0 aliphatic carbocycles. The average Bonchev–Trinajstić information content (AvgIpc) is 2.47. The Morgan fingerprint density at radius 3 is 2.76 bits per heavy atom. The number of anilines is 1. The highest BCUT2D eigenvalue weighted by Gasteiger charge is 2.11. The molecule has 2 aromatic carbocycles. The number of fused-ring (bicyclic) bond motifs is 1. The summed E-state index contributed by atoms with van der Waals surface area (Å²) < 4.78 is 0.978. The van der Waals surface area contributed by atoms with Gasteiger partial charge in [0.15, 0.2) is 0 Å². The van der Waals surface area contributed by atoms with Gasteiger partial charge < -0.3 is 5.32 Å². The molecule has 21 heavy (non-hydrogen) atoms. The molecule has 1 heterocycles. The lowest BCUT2D eigenvalue weighted by molar-refractivity contribution is 0.886. The lowest BCUT2D eigenvalue weighted by Crippen LogP contribution is -2.07. The van der Waals surface area contributed by atoms with Crippen molar-refractivity contribution in [3.8, 4) is 0 Å². The van der Waals surface area contributed by atoms with Crippen molar-refractivity contribution in [2.45, 2.75) is 13.0 Å². The number of benzene rings is 2. The van der Waals surface area contributed by atoms with Gasteiger partial charge in [0.1, 0.15) is 0 Å². The Morgan fingerprint density at radius 1 is 1.14 bits per heavy atom. The van der Waals surface area contributed by atoms with E-state index in [0.717, 1.165) is 31.6 Å². The Kier molecular flexibility index (Phi) is 4.13. The molecule has 106 valence electrons. The quantitative estimate of drug-likeness (QED) is 0.635. The third-order valence-electron chi connectivity index (χ3n) is 3.42. The minimum Gasteiger partial charge on any atom is -0.377 e. The minimum absolute atomic E-state index is 0.106. The molecule has 4 heteroatoms. The number of rotatable bonds is 3. The monoisotopic (exact) mass is 360 g/mol. The van der Waals surface area contributed by atoms with Gasteiger partial charge in [0.2, 0.25) is 0 Å². The molecule has 1 unspecified atom stereocenters. The normalized spacial score (nSPS) is 12.3. The highest BCUT2D eigenvalue weighted by molar-refractivity contribution is 9.10. The van der Waals surface area contributed by atoms with Gasteiger partial charge in [0, 0.05) is 21.1 Å². The molecule has 1 N–H and O–H groups in total. The number of hydrogen-bond donors (Lipinski definition) is 1. The molecule has 0 radical (unpaired) electrons. The first kappa shape index (κ1) is 14.4. The molecule has 0 spiro atoms. The van der Waals surface area contributed by atoms with E-state index in [-0.39, 0.29) is 6.04 Å². The molecule has 0 fully saturated rings. The first-order chi connectivity index (χ1) is 10.1. The molecule has 0 aliphatic heterocycles. The number of nitrogens with one attached hydrogen (secondary N) is 1. The summed E-state index contributed by atoms with van der Waals surface area (Å²) in [6.45, 7) is 2.10. The standard InChI is InChI=1S/C17H14BrClN2/c1-11(14-6-2-3-7-15(14)19)21-16-8-4-5-12-9-13(18)10-20-17(12)16/h2-11,21H,1H3. The second-order valence-electron chi connectivity index (χ2n) is 4.92. The molecular weight excluding hydrogens is 348 g/mol. The third kappa shape index (κ3) is 3.04. The van der Waals surface area contributed by atoms with Crippen LogP contribution in [-0.4, -0.2) is 4.98 Å². The summed E-state index contributed by atoms with van der Waals surface area (Å²) in [6, 6.07) is 16.2. The number of nitrogens with zero attached hydrogens (tertiary/aromatic N) is 1. The Balaban J connectivity index is 1.97. The zero-order valence-electron chi connectivity index (χ0n) is 11.5. The molecule has 2 nitrogen and oxygen atoms in total. The number of hydrogen-bond acceptors (Lipinski definition) is 2. The summed E-state index contributed by atoms with van der Waals surface area (Å²) in [6.07, 6.45) is 1.81. The zero-order valence-corrected chi connectivity index (χ0v) is 13.8. The highest BCUT2D eigenvalue weighted by atomic mass is 79.9. The number of pyridine rings is 1. The van der Waals surface area contributed by atoms with Crippen LogP contribution in [0.4, 0.5) is 5.69 Å². The van der Waals surface area contributed by atoms with Gasteiger partial charge in [-0.3, -0.25) is 4.98 Å². The van der Waals surface area contributed by atoms with Crippen molar-refractivity contribution in [2.75, 3.05) is 5.32 Å². The van der Waals surface area contributed by atoms with E-state index in [1.165, 1.54) is 0 Å². The van der Waals surface area contributed by atoms with Crippen LogP contribution in [0, 0.1) is 0 Å². The van der Waals surface area contributed by atoms with Crippen molar-refractivity contribution in [1.82, 2.24) is 4.98 Å². The van der Waals surface area contributed by atoms with Crippen molar-refractivity contribution < 1.29 is 0 Å². The van der Waals surface area contributed by atoms with Gasteiger partial charge in [-0.1, -0.05) is 41.9 Å². The summed E-state index contributed by atoms with van der Waals surface area (Å²) in [5.74, 6) is 0. The third-order valence-corrected chi connectivity index (χ3v) is 4.20. The second-order valence-corrected chi connectivity index (χ2v) is 6.24. The molecule has 1 aromatic heterocycles. The van der Waals surface area contributed by atoms with Crippen LogP contribution in [-0.2, 0) is 0 Å². The maximum atomic E-state index is 6.26. The minimum atomic E-state index is 0.106. The van der Waals surface area contributed by atoms with Crippen LogP contribution in [0.5, 0.6) is 0 Å². The van der Waals surface area contributed by atoms with Crippen molar-refractivity contribution in [2.24, 2.45) is 0 Å². The van der Waals surface area contributed by atoms with Crippen LogP contribution in [0.2, 0.25) is 5.02 Å². The molecule has 0 amide bonds. The lowest BCUT2D eigenvalue weighted by atomic mass is 10.1. The number of para-hydroxylation sites is 1. The van der Waals surface area contributed by atoms with Crippen molar-refractivity contribution in [3.05, 3.63) is 69.8 Å². The van der Waals surface area contributed by atoms with Gasteiger partial charge in [-0.2, -0.15) is 0 Å². The Labute approximate surface area is 137 Å². The topological polar surface area (TPSA) is 24.9 Å². The molecule has 0 aliphatic rings. The summed E-state index contributed by atoms with van der Waals surface area (Å²) >= 11 is 9.72. The Bertz CT molecular complexity index is 789. The van der Waals surface area contributed by atoms with E-state index in [1.807, 2.05) is 42.6 Å². The van der Waals surface area contributed by atoms with Gasteiger partial charge in [-0.15, -0.1) is 0 Å². The van der Waals surface area contributed by atoms with E-state index in [0.29, 0.717) is 0 Å². The maximum Gasteiger partial charge on any atom is 0.0934 e. The summed E-state index contributed by atoms with van der Waals surface area (Å²) in [7, 11) is 0. The van der Waals surface area contributed by atoms with E-state index in [2.05, 4.69) is 45.3 Å².